The summed E-state index contributed by atoms with van der Waals surface area (Å²) in [5.74, 6) is 0.232. The van der Waals surface area contributed by atoms with E-state index >= 15 is 0 Å². The van der Waals surface area contributed by atoms with E-state index in [9.17, 15) is 5.11 Å². The zero-order valence-corrected chi connectivity index (χ0v) is 12.5. The molecule has 106 valence electrons. The SMILES string of the molecule is Cc1ccc(-c2nn(C)c(-c3ccccc3C)c2O)cc1. The van der Waals surface area contributed by atoms with Crippen LogP contribution in [0.2, 0.25) is 0 Å². The molecule has 0 atom stereocenters. The molecule has 0 bridgehead atoms. The maximum Gasteiger partial charge on any atom is 0.169 e. The van der Waals surface area contributed by atoms with Crippen LogP contribution in [0, 0.1) is 13.8 Å². The minimum Gasteiger partial charge on any atom is -0.504 e. The highest BCUT2D eigenvalue weighted by atomic mass is 16.3. The van der Waals surface area contributed by atoms with Crippen LogP contribution in [0.3, 0.4) is 0 Å². The number of hydrogen-bond acceptors (Lipinski definition) is 2. The van der Waals surface area contributed by atoms with E-state index in [4.69, 9.17) is 0 Å². The monoisotopic (exact) mass is 278 g/mol. The number of hydrogen-bond donors (Lipinski definition) is 1. The van der Waals surface area contributed by atoms with Gasteiger partial charge in [-0.2, -0.15) is 5.10 Å². The van der Waals surface area contributed by atoms with Crippen LogP contribution in [0.4, 0.5) is 0 Å². The first kappa shape index (κ1) is 13.4. The minimum absolute atomic E-state index is 0.232. The van der Waals surface area contributed by atoms with E-state index in [0.29, 0.717) is 5.69 Å². The van der Waals surface area contributed by atoms with E-state index in [-0.39, 0.29) is 5.75 Å². The van der Waals surface area contributed by atoms with Crippen molar-refractivity contribution < 1.29 is 5.11 Å². The number of aromatic nitrogens is 2. The Balaban J connectivity index is 2.17. The van der Waals surface area contributed by atoms with Gasteiger partial charge in [-0.3, -0.25) is 4.68 Å². The Morgan fingerprint density at radius 3 is 2.29 bits per heavy atom. The molecule has 1 aromatic heterocycles. The third-order valence-electron chi connectivity index (χ3n) is 3.75. The van der Waals surface area contributed by atoms with E-state index in [1.165, 1.54) is 5.56 Å². The first-order valence-electron chi connectivity index (χ1n) is 6.97. The molecule has 21 heavy (non-hydrogen) atoms. The van der Waals surface area contributed by atoms with Gasteiger partial charge in [-0.1, -0.05) is 54.1 Å². The van der Waals surface area contributed by atoms with Gasteiger partial charge in [0.15, 0.2) is 5.75 Å². The first-order chi connectivity index (χ1) is 10.1. The molecule has 1 N–H and O–H groups in total. The maximum absolute atomic E-state index is 10.6. The number of aromatic hydroxyl groups is 1. The molecule has 3 nitrogen and oxygen atoms in total. The summed E-state index contributed by atoms with van der Waals surface area (Å²) in [5.41, 5.74) is 5.61. The molecular weight excluding hydrogens is 260 g/mol. The maximum atomic E-state index is 10.6. The van der Waals surface area contributed by atoms with Gasteiger partial charge in [-0.15, -0.1) is 0 Å². The highest BCUT2D eigenvalue weighted by Crippen LogP contribution is 2.38. The van der Waals surface area contributed by atoms with Gasteiger partial charge < -0.3 is 5.11 Å². The number of benzene rings is 2. The van der Waals surface area contributed by atoms with E-state index in [0.717, 1.165) is 22.4 Å². The fourth-order valence-corrected chi connectivity index (χ4v) is 2.56. The molecule has 0 aliphatic heterocycles. The number of rotatable bonds is 2. The topological polar surface area (TPSA) is 38.0 Å². The Bertz CT molecular complexity index is 785. The number of aryl methyl sites for hydroxylation is 3. The second kappa shape index (κ2) is 5.09. The molecule has 2 aromatic carbocycles. The van der Waals surface area contributed by atoms with E-state index in [2.05, 4.69) is 5.10 Å². The summed E-state index contributed by atoms with van der Waals surface area (Å²) in [6.45, 7) is 4.08. The quantitative estimate of drug-likeness (QED) is 0.767. The first-order valence-corrected chi connectivity index (χ1v) is 6.97. The highest BCUT2D eigenvalue weighted by molar-refractivity contribution is 5.79. The lowest BCUT2D eigenvalue weighted by atomic mass is 10.0. The normalized spacial score (nSPS) is 10.8. The van der Waals surface area contributed by atoms with Crippen molar-refractivity contribution in [3.8, 4) is 28.3 Å². The van der Waals surface area contributed by atoms with E-state index in [1.807, 2.05) is 69.4 Å². The van der Waals surface area contributed by atoms with Crippen molar-refractivity contribution in [2.24, 2.45) is 7.05 Å². The Kier molecular flexibility index (Phi) is 3.26. The standard InChI is InChI=1S/C18H18N2O/c1-12-8-10-14(11-9-12)16-18(21)17(20(3)19-16)15-7-5-4-6-13(15)2/h4-11,21H,1-3H3. The van der Waals surface area contributed by atoms with Crippen LogP contribution in [0.25, 0.3) is 22.5 Å². The van der Waals surface area contributed by atoms with E-state index < -0.39 is 0 Å². The van der Waals surface area contributed by atoms with Crippen molar-refractivity contribution in [1.82, 2.24) is 9.78 Å². The number of nitrogens with zero attached hydrogens (tertiary/aromatic N) is 2. The van der Waals surface area contributed by atoms with Crippen molar-refractivity contribution >= 4 is 0 Å². The van der Waals surface area contributed by atoms with E-state index in [1.54, 1.807) is 4.68 Å². The Morgan fingerprint density at radius 2 is 1.62 bits per heavy atom. The predicted octanol–water partition coefficient (Wildman–Crippen LogP) is 4.08. The van der Waals surface area contributed by atoms with Gasteiger partial charge in [-0.25, -0.2) is 0 Å². The van der Waals surface area contributed by atoms with Gasteiger partial charge in [0.25, 0.3) is 0 Å². The van der Waals surface area contributed by atoms with Gasteiger partial charge in [0.1, 0.15) is 11.4 Å². The molecule has 0 aliphatic rings. The van der Waals surface area contributed by atoms with Crippen LogP contribution >= 0.6 is 0 Å². The van der Waals surface area contributed by atoms with Crippen molar-refractivity contribution in [2.45, 2.75) is 13.8 Å². The smallest absolute Gasteiger partial charge is 0.169 e. The molecule has 0 spiro atoms. The second-order valence-electron chi connectivity index (χ2n) is 5.35. The molecule has 0 aliphatic carbocycles. The summed E-state index contributed by atoms with van der Waals surface area (Å²) < 4.78 is 1.74. The van der Waals surface area contributed by atoms with Crippen LogP contribution in [-0.2, 0) is 7.05 Å². The Hall–Kier alpha value is -2.55. The predicted molar refractivity (Wildman–Crippen MR) is 85.2 cm³/mol. The van der Waals surface area contributed by atoms with Crippen molar-refractivity contribution in [1.29, 1.82) is 0 Å². The zero-order chi connectivity index (χ0) is 15.0. The summed E-state index contributed by atoms with van der Waals surface area (Å²) in [7, 11) is 1.86. The summed E-state index contributed by atoms with van der Waals surface area (Å²) in [6, 6.07) is 16.0. The van der Waals surface area contributed by atoms with Crippen LogP contribution in [0.5, 0.6) is 5.75 Å². The van der Waals surface area contributed by atoms with Crippen LogP contribution in [0.1, 0.15) is 11.1 Å². The van der Waals surface area contributed by atoms with Crippen molar-refractivity contribution in [2.75, 3.05) is 0 Å². The summed E-state index contributed by atoms with van der Waals surface area (Å²) in [6.07, 6.45) is 0. The fraction of sp³-hybridized carbons (Fsp3) is 0.167. The third-order valence-corrected chi connectivity index (χ3v) is 3.75. The third kappa shape index (κ3) is 2.31. The Morgan fingerprint density at radius 1 is 0.952 bits per heavy atom. The summed E-state index contributed by atoms with van der Waals surface area (Å²) >= 11 is 0. The molecule has 3 heteroatoms. The minimum atomic E-state index is 0.232. The molecule has 0 amide bonds. The average Bonchev–Trinajstić information content (AvgIpc) is 2.76. The van der Waals surface area contributed by atoms with Gasteiger partial charge in [-0.05, 0) is 19.4 Å². The lowest BCUT2D eigenvalue weighted by molar-refractivity contribution is 0.478. The van der Waals surface area contributed by atoms with Gasteiger partial charge in [0, 0.05) is 18.2 Å². The van der Waals surface area contributed by atoms with Gasteiger partial charge >= 0.3 is 0 Å². The molecule has 3 rings (SSSR count). The zero-order valence-electron chi connectivity index (χ0n) is 12.5. The molecule has 1 heterocycles. The second-order valence-corrected chi connectivity index (χ2v) is 5.35. The lowest BCUT2D eigenvalue weighted by Crippen LogP contribution is -1.95. The van der Waals surface area contributed by atoms with Crippen molar-refractivity contribution in [3.05, 3.63) is 59.7 Å². The summed E-state index contributed by atoms with van der Waals surface area (Å²) in [5, 5.41) is 15.1. The Labute approximate surface area is 124 Å². The van der Waals surface area contributed by atoms with Crippen LogP contribution in [0.15, 0.2) is 48.5 Å². The van der Waals surface area contributed by atoms with Crippen LogP contribution < -0.4 is 0 Å². The molecular formula is C18H18N2O. The average molecular weight is 278 g/mol. The van der Waals surface area contributed by atoms with Gasteiger partial charge in [0.05, 0.1) is 0 Å². The molecule has 0 saturated carbocycles. The van der Waals surface area contributed by atoms with Crippen molar-refractivity contribution in [3.63, 3.8) is 0 Å². The highest BCUT2D eigenvalue weighted by Gasteiger charge is 2.19. The fourth-order valence-electron chi connectivity index (χ4n) is 2.56. The molecule has 3 aromatic rings. The summed E-state index contributed by atoms with van der Waals surface area (Å²) in [4.78, 5) is 0. The largest absolute Gasteiger partial charge is 0.504 e. The molecule has 0 unspecified atom stereocenters. The molecule has 0 radical (unpaired) electrons. The lowest BCUT2D eigenvalue weighted by Gasteiger charge is -2.06. The molecule has 0 fully saturated rings. The van der Waals surface area contributed by atoms with Crippen LogP contribution in [-0.4, -0.2) is 14.9 Å². The molecule has 0 saturated heterocycles. The van der Waals surface area contributed by atoms with Gasteiger partial charge in [0.2, 0.25) is 0 Å².